The van der Waals surface area contributed by atoms with Gasteiger partial charge in [0.05, 0.1) is 36.8 Å². The van der Waals surface area contributed by atoms with E-state index in [1.165, 1.54) is 23.9 Å². The van der Waals surface area contributed by atoms with Gasteiger partial charge in [-0.05, 0) is 79.1 Å². The van der Waals surface area contributed by atoms with E-state index in [1.54, 1.807) is 38.4 Å². The molecule has 198 valence electrons. The highest BCUT2D eigenvalue weighted by Gasteiger charge is 2.40. The van der Waals surface area contributed by atoms with Crippen molar-refractivity contribution in [1.29, 1.82) is 0 Å². The number of carbonyl (C=O) groups is 1. The number of sulfonamides is 1. The fourth-order valence-electron chi connectivity index (χ4n) is 4.60. The molecule has 0 bridgehead atoms. The summed E-state index contributed by atoms with van der Waals surface area (Å²) in [6.45, 7) is 1.89. The summed E-state index contributed by atoms with van der Waals surface area (Å²) in [7, 11) is 0.840. The molecular formula is C26H31N3O6S2. The lowest BCUT2D eigenvalue weighted by Crippen LogP contribution is -2.40. The van der Waals surface area contributed by atoms with Gasteiger partial charge in [-0.3, -0.25) is 9.69 Å². The number of nitrogens with zero attached hydrogens (tertiary/aromatic N) is 2. The van der Waals surface area contributed by atoms with Crippen molar-refractivity contribution in [2.45, 2.75) is 50.0 Å². The number of hydrogen-bond donors (Lipinski definition) is 1. The lowest BCUT2D eigenvalue weighted by Gasteiger charge is -2.30. The first-order chi connectivity index (χ1) is 17.7. The molecular weight excluding hydrogens is 514 g/mol. The normalized spacial score (nSPS) is 19.3. The van der Waals surface area contributed by atoms with Gasteiger partial charge in [0, 0.05) is 6.04 Å². The van der Waals surface area contributed by atoms with Crippen LogP contribution < -0.4 is 19.3 Å². The van der Waals surface area contributed by atoms with Gasteiger partial charge in [-0.2, -0.15) is 0 Å². The Bertz CT molecular complexity index is 1320. The average molecular weight is 546 g/mol. The highest BCUT2D eigenvalue weighted by molar-refractivity contribution is 8.18. The number of thioether (sulfide) groups is 1. The SMILES string of the molecule is COc1cc(C(C)=C2SC(=Nc3ccc(S(N)(=O)=O)cc3)N(C3CCCCC3)C2=O)cc(OC)c1OC. The summed E-state index contributed by atoms with van der Waals surface area (Å²) in [5.41, 5.74) is 2.08. The summed E-state index contributed by atoms with van der Waals surface area (Å²) in [6.07, 6.45) is 5.08. The number of allylic oxidation sites excluding steroid dienone is 1. The van der Waals surface area contributed by atoms with Crippen LogP contribution in [0, 0.1) is 0 Å². The van der Waals surface area contributed by atoms with Gasteiger partial charge in [0.15, 0.2) is 16.7 Å². The second kappa shape index (κ2) is 11.2. The van der Waals surface area contributed by atoms with Crippen LogP contribution in [-0.4, -0.2) is 51.8 Å². The summed E-state index contributed by atoms with van der Waals surface area (Å²) in [4.78, 5) is 21.0. The van der Waals surface area contributed by atoms with Gasteiger partial charge in [-0.1, -0.05) is 19.3 Å². The maximum atomic E-state index is 13.8. The van der Waals surface area contributed by atoms with Crippen LogP contribution in [0.2, 0.25) is 0 Å². The van der Waals surface area contributed by atoms with Crippen molar-refractivity contribution in [2.75, 3.05) is 21.3 Å². The van der Waals surface area contributed by atoms with E-state index in [9.17, 15) is 13.2 Å². The van der Waals surface area contributed by atoms with Crippen molar-refractivity contribution in [2.24, 2.45) is 10.1 Å². The number of primary sulfonamides is 1. The minimum atomic E-state index is -3.81. The topological polar surface area (TPSA) is 121 Å². The molecule has 0 spiro atoms. The molecule has 2 N–H and O–H groups in total. The minimum Gasteiger partial charge on any atom is -0.493 e. The first-order valence-electron chi connectivity index (χ1n) is 11.9. The zero-order valence-corrected chi connectivity index (χ0v) is 22.9. The Morgan fingerprint density at radius 1 is 1.00 bits per heavy atom. The number of methoxy groups -OCH3 is 3. The van der Waals surface area contributed by atoms with Crippen LogP contribution in [-0.2, 0) is 14.8 Å². The van der Waals surface area contributed by atoms with E-state index in [0.29, 0.717) is 33.0 Å². The molecule has 11 heteroatoms. The highest BCUT2D eigenvalue weighted by atomic mass is 32.2. The Hall–Kier alpha value is -3.02. The molecule has 2 aliphatic rings. The average Bonchev–Trinajstić information content (AvgIpc) is 3.22. The number of amidine groups is 1. The molecule has 2 aromatic rings. The van der Waals surface area contributed by atoms with Crippen LogP contribution in [0.1, 0.15) is 44.6 Å². The predicted molar refractivity (Wildman–Crippen MR) is 145 cm³/mol. The largest absolute Gasteiger partial charge is 0.493 e. The number of ether oxygens (including phenoxy) is 3. The fraction of sp³-hybridized carbons (Fsp3) is 0.385. The van der Waals surface area contributed by atoms with Crippen LogP contribution >= 0.6 is 11.8 Å². The Kier molecular flexibility index (Phi) is 8.15. The molecule has 0 aromatic heterocycles. The van der Waals surface area contributed by atoms with Gasteiger partial charge in [0.25, 0.3) is 5.91 Å². The summed E-state index contributed by atoms with van der Waals surface area (Å²) in [5.74, 6) is 1.38. The van der Waals surface area contributed by atoms with E-state index in [0.717, 1.165) is 43.2 Å². The standard InChI is InChI=1S/C26H31N3O6S2/c1-16(17-14-21(33-2)23(35-4)22(15-17)34-3)24-25(30)29(19-8-6-5-7-9-19)26(36-24)28-18-10-12-20(13-11-18)37(27,31)32/h10-15,19H,5-9H2,1-4H3,(H2,27,31,32). The maximum Gasteiger partial charge on any atom is 0.267 e. The predicted octanol–water partition coefficient (Wildman–Crippen LogP) is 4.69. The van der Waals surface area contributed by atoms with Gasteiger partial charge in [-0.25, -0.2) is 18.5 Å². The lowest BCUT2D eigenvalue weighted by molar-refractivity contribution is -0.124. The van der Waals surface area contributed by atoms with E-state index >= 15 is 0 Å². The lowest BCUT2D eigenvalue weighted by atomic mass is 9.94. The number of hydrogen-bond acceptors (Lipinski definition) is 8. The van der Waals surface area contributed by atoms with Gasteiger partial charge in [0.1, 0.15) is 0 Å². The van der Waals surface area contributed by atoms with Crippen molar-refractivity contribution in [1.82, 2.24) is 4.90 Å². The Morgan fingerprint density at radius 2 is 1.59 bits per heavy atom. The van der Waals surface area contributed by atoms with E-state index in [2.05, 4.69) is 0 Å². The Balaban J connectivity index is 1.78. The third kappa shape index (κ3) is 5.63. The maximum absolute atomic E-state index is 13.8. The summed E-state index contributed by atoms with van der Waals surface area (Å²) in [5, 5.41) is 5.79. The zero-order valence-electron chi connectivity index (χ0n) is 21.3. The molecule has 1 heterocycles. The van der Waals surface area contributed by atoms with E-state index in [4.69, 9.17) is 24.3 Å². The Morgan fingerprint density at radius 3 is 2.11 bits per heavy atom. The van der Waals surface area contributed by atoms with Crippen LogP contribution in [0.3, 0.4) is 0 Å². The van der Waals surface area contributed by atoms with Gasteiger partial charge >= 0.3 is 0 Å². The molecule has 2 aromatic carbocycles. The highest BCUT2D eigenvalue weighted by Crippen LogP contribution is 2.44. The van der Waals surface area contributed by atoms with Crippen molar-refractivity contribution < 1.29 is 27.4 Å². The van der Waals surface area contributed by atoms with Crippen LogP contribution in [0.15, 0.2) is 51.2 Å². The molecule has 9 nitrogen and oxygen atoms in total. The summed E-state index contributed by atoms with van der Waals surface area (Å²) < 4.78 is 39.7. The Labute approximate surface area is 221 Å². The third-order valence-electron chi connectivity index (χ3n) is 6.58. The molecule has 1 saturated heterocycles. The number of benzene rings is 2. The molecule has 1 amide bonds. The number of rotatable bonds is 7. The molecule has 1 aliphatic heterocycles. The van der Waals surface area contributed by atoms with Crippen LogP contribution in [0.5, 0.6) is 17.2 Å². The number of amides is 1. The van der Waals surface area contributed by atoms with Crippen molar-refractivity contribution in [3.63, 3.8) is 0 Å². The van der Waals surface area contributed by atoms with Gasteiger partial charge in [-0.15, -0.1) is 0 Å². The van der Waals surface area contributed by atoms with E-state index in [-0.39, 0.29) is 16.8 Å². The third-order valence-corrected chi connectivity index (χ3v) is 8.67. The molecule has 2 fully saturated rings. The van der Waals surface area contributed by atoms with Gasteiger partial charge < -0.3 is 14.2 Å². The van der Waals surface area contributed by atoms with Gasteiger partial charge in [0.2, 0.25) is 15.8 Å². The molecule has 1 saturated carbocycles. The fourth-order valence-corrected chi connectivity index (χ4v) is 6.24. The monoisotopic (exact) mass is 545 g/mol. The van der Waals surface area contributed by atoms with Crippen LogP contribution in [0.25, 0.3) is 5.57 Å². The van der Waals surface area contributed by atoms with Crippen molar-refractivity contribution in [3.05, 3.63) is 46.9 Å². The number of carbonyl (C=O) groups excluding carboxylic acids is 1. The molecule has 0 unspecified atom stereocenters. The molecule has 37 heavy (non-hydrogen) atoms. The molecule has 0 atom stereocenters. The second-order valence-electron chi connectivity index (χ2n) is 8.87. The first-order valence-corrected chi connectivity index (χ1v) is 14.3. The minimum absolute atomic E-state index is 0.00886. The summed E-state index contributed by atoms with van der Waals surface area (Å²) >= 11 is 1.32. The first kappa shape index (κ1) is 27.0. The summed E-state index contributed by atoms with van der Waals surface area (Å²) in [6, 6.07) is 9.71. The zero-order chi connectivity index (χ0) is 26.7. The molecule has 4 rings (SSSR count). The molecule has 1 aliphatic carbocycles. The van der Waals surface area contributed by atoms with Crippen molar-refractivity contribution in [3.8, 4) is 17.2 Å². The number of aliphatic imine (C=N–C) groups is 1. The molecule has 0 radical (unpaired) electrons. The van der Waals surface area contributed by atoms with E-state index in [1.807, 2.05) is 19.1 Å². The van der Waals surface area contributed by atoms with Crippen molar-refractivity contribution >= 4 is 44.1 Å². The van der Waals surface area contributed by atoms with Crippen LogP contribution in [0.4, 0.5) is 5.69 Å². The smallest absolute Gasteiger partial charge is 0.267 e. The second-order valence-corrected chi connectivity index (χ2v) is 11.4. The quantitative estimate of drug-likeness (QED) is 0.501. The number of nitrogens with two attached hydrogens (primary N) is 1. The van der Waals surface area contributed by atoms with E-state index < -0.39 is 10.0 Å².